The van der Waals surface area contributed by atoms with Gasteiger partial charge >= 0.3 is 5.97 Å². The Morgan fingerprint density at radius 1 is 1.09 bits per heavy atom. The van der Waals surface area contributed by atoms with Crippen molar-refractivity contribution in [2.45, 2.75) is 12.6 Å². The van der Waals surface area contributed by atoms with Crippen LogP contribution >= 0.6 is 11.6 Å². The first-order valence-electron chi connectivity index (χ1n) is 10.3. The summed E-state index contributed by atoms with van der Waals surface area (Å²) in [7, 11) is 0. The second-order valence-corrected chi connectivity index (χ2v) is 7.79. The fraction of sp³-hybridized carbons (Fsp3) is 0.0833. The molecule has 4 rings (SSSR count). The van der Waals surface area contributed by atoms with Gasteiger partial charge in [-0.2, -0.15) is 0 Å². The number of non-ortho nitro benzene ring substituents is 1. The van der Waals surface area contributed by atoms with E-state index in [0.29, 0.717) is 16.5 Å². The molecule has 4 aromatic rings. The van der Waals surface area contributed by atoms with E-state index >= 15 is 0 Å². The van der Waals surface area contributed by atoms with Crippen LogP contribution in [0.25, 0.3) is 10.9 Å². The molecule has 3 aromatic carbocycles. The molecular formula is C24H17ClN4O6. The Balaban J connectivity index is 1.56. The number of carbonyl (C=O) groups is 2. The summed E-state index contributed by atoms with van der Waals surface area (Å²) in [6.45, 7) is -0.467. The van der Waals surface area contributed by atoms with Gasteiger partial charge in [-0.3, -0.25) is 29.1 Å². The molecule has 0 aliphatic heterocycles. The van der Waals surface area contributed by atoms with E-state index in [1.807, 2.05) is 0 Å². The van der Waals surface area contributed by atoms with Crippen molar-refractivity contribution in [2.75, 3.05) is 5.32 Å². The zero-order valence-corrected chi connectivity index (χ0v) is 18.7. The average molecular weight is 493 g/mol. The first-order valence-corrected chi connectivity index (χ1v) is 10.6. The lowest BCUT2D eigenvalue weighted by Crippen LogP contribution is -2.30. The van der Waals surface area contributed by atoms with E-state index in [-0.39, 0.29) is 16.4 Å². The molecule has 11 heteroatoms. The van der Waals surface area contributed by atoms with Gasteiger partial charge in [-0.05, 0) is 18.2 Å². The van der Waals surface area contributed by atoms with Gasteiger partial charge in [-0.1, -0.05) is 54.1 Å². The molecule has 1 atom stereocenters. The second-order valence-electron chi connectivity index (χ2n) is 7.39. The van der Waals surface area contributed by atoms with E-state index < -0.39 is 35.0 Å². The van der Waals surface area contributed by atoms with Gasteiger partial charge in [0.25, 0.3) is 17.2 Å². The normalized spacial score (nSPS) is 11.6. The maximum Gasteiger partial charge on any atom is 0.327 e. The van der Waals surface area contributed by atoms with Crippen LogP contribution in [0.4, 0.5) is 11.4 Å². The van der Waals surface area contributed by atoms with Crippen molar-refractivity contribution in [1.82, 2.24) is 9.55 Å². The lowest BCUT2D eigenvalue weighted by molar-refractivity contribution is -0.384. The number of rotatable bonds is 7. The first kappa shape index (κ1) is 23.6. The van der Waals surface area contributed by atoms with Gasteiger partial charge < -0.3 is 10.1 Å². The van der Waals surface area contributed by atoms with Crippen LogP contribution in [0.2, 0.25) is 5.02 Å². The minimum absolute atomic E-state index is 0.0560. The zero-order valence-electron chi connectivity index (χ0n) is 18.0. The van der Waals surface area contributed by atoms with Crippen molar-refractivity contribution in [1.29, 1.82) is 0 Å². The van der Waals surface area contributed by atoms with Crippen LogP contribution < -0.4 is 10.9 Å². The number of halogens is 1. The number of aromatic nitrogens is 2. The fourth-order valence-corrected chi connectivity index (χ4v) is 3.57. The number of nitrogens with one attached hydrogen (secondary N) is 1. The molecular weight excluding hydrogens is 476 g/mol. The van der Waals surface area contributed by atoms with Gasteiger partial charge in [0, 0.05) is 17.7 Å². The summed E-state index contributed by atoms with van der Waals surface area (Å²) in [6.07, 6.45) is -0.140. The van der Waals surface area contributed by atoms with Gasteiger partial charge in [-0.15, -0.1) is 0 Å². The number of esters is 1. The number of anilines is 1. The second kappa shape index (κ2) is 10.1. The number of hydrogen-bond acceptors (Lipinski definition) is 7. The number of nitro groups is 1. The van der Waals surface area contributed by atoms with Gasteiger partial charge in [-0.25, -0.2) is 4.98 Å². The number of amides is 1. The summed E-state index contributed by atoms with van der Waals surface area (Å²) in [5.41, 5.74) is 0.303. The summed E-state index contributed by atoms with van der Waals surface area (Å²) in [4.78, 5) is 52.9. The summed E-state index contributed by atoms with van der Waals surface area (Å²) in [6, 6.07) is 18.5. The number of fused-ring (bicyclic) bond motifs is 1. The molecule has 176 valence electrons. The lowest BCUT2D eigenvalue weighted by atomic mass is 10.1. The van der Waals surface area contributed by atoms with E-state index in [0.717, 1.165) is 10.6 Å². The quantitative estimate of drug-likeness (QED) is 0.235. The van der Waals surface area contributed by atoms with Gasteiger partial charge in [0.15, 0.2) is 0 Å². The summed E-state index contributed by atoms with van der Waals surface area (Å²) in [5, 5.41) is 13.7. The first-order chi connectivity index (χ1) is 16.8. The molecule has 0 aliphatic carbocycles. The summed E-state index contributed by atoms with van der Waals surface area (Å²) < 4.78 is 6.55. The van der Waals surface area contributed by atoms with Crippen molar-refractivity contribution in [2.24, 2.45) is 0 Å². The smallest absolute Gasteiger partial charge is 0.327 e. The fourth-order valence-electron chi connectivity index (χ4n) is 3.34. The Kier molecular flexibility index (Phi) is 6.83. The molecule has 0 saturated carbocycles. The molecule has 0 aliphatic rings. The van der Waals surface area contributed by atoms with Crippen LogP contribution in [0.1, 0.15) is 11.7 Å². The maximum atomic E-state index is 13.1. The predicted molar refractivity (Wildman–Crippen MR) is 128 cm³/mol. The van der Waals surface area contributed by atoms with Crippen molar-refractivity contribution < 1.29 is 19.2 Å². The molecule has 0 saturated heterocycles. The van der Waals surface area contributed by atoms with Crippen molar-refractivity contribution >= 4 is 45.8 Å². The molecule has 1 heterocycles. The molecule has 35 heavy (non-hydrogen) atoms. The maximum absolute atomic E-state index is 13.1. The molecule has 0 fully saturated rings. The van der Waals surface area contributed by atoms with Gasteiger partial charge in [0.2, 0.25) is 6.10 Å². The van der Waals surface area contributed by atoms with Gasteiger partial charge in [0.05, 0.1) is 32.9 Å². The molecule has 0 radical (unpaired) electrons. The van der Waals surface area contributed by atoms with Crippen LogP contribution in [0, 0.1) is 10.1 Å². The number of para-hydroxylation sites is 1. The van der Waals surface area contributed by atoms with Crippen LogP contribution in [-0.2, 0) is 20.9 Å². The molecule has 1 amide bonds. The Morgan fingerprint density at radius 3 is 2.51 bits per heavy atom. The lowest BCUT2D eigenvalue weighted by Gasteiger charge is -2.19. The summed E-state index contributed by atoms with van der Waals surface area (Å²) >= 11 is 6.07. The summed E-state index contributed by atoms with van der Waals surface area (Å²) in [5.74, 6) is -1.58. The number of nitro benzene ring substituents is 1. The van der Waals surface area contributed by atoms with E-state index in [9.17, 15) is 24.5 Å². The van der Waals surface area contributed by atoms with Crippen LogP contribution in [0.5, 0.6) is 0 Å². The van der Waals surface area contributed by atoms with Crippen molar-refractivity contribution in [3.8, 4) is 0 Å². The minimum atomic E-state index is -1.38. The molecule has 1 aromatic heterocycles. The number of nitrogens with zero attached hydrogens (tertiary/aromatic N) is 3. The Labute approximate surface area is 202 Å². The van der Waals surface area contributed by atoms with Crippen molar-refractivity contribution in [3.63, 3.8) is 0 Å². The van der Waals surface area contributed by atoms with E-state index in [1.54, 1.807) is 54.6 Å². The van der Waals surface area contributed by atoms with E-state index in [1.165, 1.54) is 18.5 Å². The van der Waals surface area contributed by atoms with Crippen LogP contribution in [-0.4, -0.2) is 26.4 Å². The Bertz CT molecular complexity index is 1490. The SMILES string of the molecule is O=C(Cn1cnc2ccccc2c1=O)OC(C(=O)Nc1ccc([N+](=O)[O-])cc1Cl)c1ccccc1. The van der Waals surface area contributed by atoms with Crippen molar-refractivity contribution in [3.05, 3.63) is 110 Å². The standard InChI is InChI=1S/C24H17ClN4O6/c25-18-12-16(29(33)34)10-11-20(18)27-23(31)22(15-6-2-1-3-7-15)35-21(30)13-28-14-26-19-9-5-4-8-17(19)24(28)32/h1-12,14,22H,13H2,(H,27,31). The molecule has 1 unspecified atom stereocenters. The van der Waals surface area contributed by atoms with Crippen LogP contribution in [0.15, 0.2) is 83.9 Å². The monoisotopic (exact) mass is 492 g/mol. The van der Waals surface area contributed by atoms with Gasteiger partial charge in [0.1, 0.15) is 6.54 Å². The zero-order chi connectivity index (χ0) is 24.9. The predicted octanol–water partition coefficient (Wildman–Crippen LogP) is 3.88. The molecule has 0 spiro atoms. The van der Waals surface area contributed by atoms with Crippen LogP contribution in [0.3, 0.4) is 0 Å². The topological polar surface area (TPSA) is 133 Å². The Hall–Kier alpha value is -4.57. The highest BCUT2D eigenvalue weighted by Gasteiger charge is 2.26. The molecule has 10 nitrogen and oxygen atoms in total. The minimum Gasteiger partial charge on any atom is -0.446 e. The molecule has 0 bridgehead atoms. The number of carbonyl (C=O) groups excluding carboxylic acids is 2. The third-order valence-corrected chi connectivity index (χ3v) is 5.35. The third kappa shape index (κ3) is 5.33. The highest BCUT2D eigenvalue weighted by atomic mass is 35.5. The average Bonchev–Trinajstić information content (AvgIpc) is 2.86. The highest BCUT2D eigenvalue weighted by molar-refractivity contribution is 6.34. The third-order valence-electron chi connectivity index (χ3n) is 5.04. The largest absolute Gasteiger partial charge is 0.446 e. The Morgan fingerprint density at radius 2 is 1.80 bits per heavy atom. The van der Waals surface area contributed by atoms with E-state index in [2.05, 4.69) is 10.3 Å². The number of ether oxygens (including phenoxy) is 1. The number of hydrogen-bond donors (Lipinski definition) is 1. The van der Waals surface area contributed by atoms with E-state index in [4.69, 9.17) is 16.3 Å². The number of benzene rings is 3. The highest BCUT2D eigenvalue weighted by Crippen LogP contribution is 2.28. The molecule has 1 N–H and O–H groups in total.